The number of hydrogen-bond donors (Lipinski definition) is 1. The highest BCUT2D eigenvalue weighted by Crippen LogP contribution is 2.24. The third-order valence-corrected chi connectivity index (χ3v) is 3.86. The van der Waals surface area contributed by atoms with E-state index in [9.17, 15) is 4.39 Å². The van der Waals surface area contributed by atoms with Gasteiger partial charge < -0.3 is 10.1 Å². The normalized spacial score (nSPS) is 10.7. The summed E-state index contributed by atoms with van der Waals surface area (Å²) in [6.45, 7) is 4.96. The molecule has 0 radical (unpaired) electrons. The van der Waals surface area contributed by atoms with Gasteiger partial charge >= 0.3 is 0 Å². The molecular weight excluding hydrogens is 335 g/mol. The minimum atomic E-state index is -0.211. The topological polar surface area (TPSA) is 34.1 Å². The Kier molecular flexibility index (Phi) is 5.31. The maximum absolute atomic E-state index is 13.6. The molecule has 0 amide bonds. The molecule has 0 unspecified atom stereocenters. The number of rotatable bonds is 5. The predicted octanol–water partition coefficient (Wildman–Crippen LogP) is 3.90. The standard InChI is InChI=1S/C16H18BrFN2O/c1-10-7-20-15(11(2)16(10)21-3)9-19-8-12-6-13(17)4-5-14(12)18/h4-7,19H,8-9H2,1-3H3. The molecule has 21 heavy (non-hydrogen) atoms. The lowest BCUT2D eigenvalue weighted by Gasteiger charge is -2.13. The highest BCUT2D eigenvalue weighted by atomic mass is 79.9. The molecule has 0 fully saturated rings. The molecule has 0 saturated heterocycles. The molecule has 2 rings (SSSR count). The zero-order chi connectivity index (χ0) is 15.4. The van der Waals surface area contributed by atoms with Gasteiger partial charge in [-0.25, -0.2) is 4.39 Å². The van der Waals surface area contributed by atoms with Crippen LogP contribution in [0.25, 0.3) is 0 Å². The Labute approximate surface area is 132 Å². The van der Waals surface area contributed by atoms with Crippen molar-refractivity contribution in [1.29, 1.82) is 0 Å². The molecule has 0 saturated carbocycles. The van der Waals surface area contributed by atoms with Crippen LogP contribution in [-0.2, 0) is 13.1 Å². The molecule has 0 bridgehead atoms. The Hall–Kier alpha value is -1.46. The highest BCUT2D eigenvalue weighted by molar-refractivity contribution is 9.10. The summed E-state index contributed by atoms with van der Waals surface area (Å²) in [4.78, 5) is 4.41. The van der Waals surface area contributed by atoms with Gasteiger partial charge in [-0.05, 0) is 32.0 Å². The van der Waals surface area contributed by atoms with E-state index in [2.05, 4.69) is 26.2 Å². The van der Waals surface area contributed by atoms with Crippen molar-refractivity contribution in [1.82, 2.24) is 10.3 Å². The molecule has 1 aromatic heterocycles. The average Bonchev–Trinajstić information content (AvgIpc) is 2.45. The summed E-state index contributed by atoms with van der Waals surface area (Å²) in [6.07, 6.45) is 1.79. The van der Waals surface area contributed by atoms with Crippen LogP contribution >= 0.6 is 15.9 Å². The smallest absolute Gasteiger partial charge is 0.128 e. The second kappa shape index (κ2) is 7.00. The van der Waals surface area contributed by atoms with Gasteiger partial charge in [-0.1, -0.05) is 15.9 Å². The third-order valence-electron chi connectivity index (χ3n) is 3.37. The highest BCUT2D eigenvalue weighted by Gasteiger charge is 2.09. The van der Waals surface area contributed by atoms with Gasteiger partial charge in [-0.3, -0.25) is 4.98 Å². The first-order valence-corrected chi connectivity index (χ1v) is 7.46. The summed E-state index contributed by atoms with van der Waals surface area (Å²) in [6, 6.07) is 4.92. The molecule has 0 aliphatic heterocycles. The van der Waals surface area contributed by atoms with E-state index >= 15 is 0 Å². The van der Waals surface area contributed by atoms with Gasteiger partial charge in [0.2, 0.25) is 0 Å². The second-order valence-corrected chi connectivity index (χ2v) is 5.80. The van der Waals surface area contributed by atoms with Crippen LogP contribution in [0, 0.1) is 19.7 Å². The quantitative estimate of drug-likeness (QED) is 0.885. The van der Waals surface area contributed by atoms with Crippen LogP contribution in [0.5, 0.6) is 5.75 Å². The molecule has 3 nitrogen and oxygen atoms in total. The average molecular weight is 353 g/mol. The maximum Gasteiger partial charge on any atom is 0.128 e. The minimum absolute atomic E-state index is 0.211. The fraction of sp³-hybridized carbons (Fsp3) is 0.312. The second-order valence-electron chi connectivity index (χ2n) is 4.89. The summed E-state index contributed by atoms with van der Waals surface area (Å²) in [5.74, 6) is 0.646. The lowest BCUT2D eigenvalue weighted by atomic mass is 10.1. The van der Waals surface area contributed by atoms with Crippen LogP contribution in [0.3, 0.4) is 0 Å². The molecule has 0 aliphatic carbocycles. The molecule has 112 valence electrons. The van der Waals surface area contributed by atoms with E-state index in [1.165, 1.54) is 6.07 Å². The van der Waals surface area contributed by atoms with Gasteiger partial charge in [-0.15, -0.1) is 0 Å². The Morgan fingerprint density at radius 2 is 2.05 bits per heavy atom. The van der Waals surface area contributed by atoms with E-state index in [0.29, 0.717) is 18.7 Å². The molecule has 1 aromatic carbocycles. The summed E-state index contributed by atoms with van der Waals surface area (Å²) in [5, 5.41) is 3.22. The van der Waals surface area contributed by atoms with Crippen LogP contribution < -0.4 is 10.1 Å². The largest absolute Gasteiger partial charge is 0.496 e. The monoisotopic (exact) mass is 352 g/mol. The van der Waals surface area contributed by atoms with Crippen LogP contribution in [0.15, 0.2) is 28.9 Å². The van der Waals surface area contributed by atoms with Gasteiger partial charge in [0.25, 0.3) is 0 Å². The molecule has 1 heterocycles. The van der Waals surface area contributed by atoms with Crippen LogP contribution in [0.4, 0.5) is 4.39 Å². The molecular formula is C16H18BrFN2O. The first-order valence-electron chi connectivity index (χ1n) is 6.66. The van der Waals surface area contributed by atoms with Gasteiger partial charge in [-0.2, -0.15) is 0 Å². The first kappa shape index (κ1) is 15.9. The minimum Gasteiger partial charge on any atom is -0.496 e. The Morgan fingerprint density at radius 1 is 1.29 bits per heavy atom. The van der Waals surface area contributed by atoms with E-state index in [4.69, 9.17) is 4.74 Å². The number of hydrogen-bond acceptors (Lipinski definition) is 3. The Morgan fingerprint density at radius 3 is 2.76 bits per heavy atom. The fourth-order valence-corrected chi connectivity index (χ4v) is 2.65. The fourth-order valence-electron chi connectivity index (χ4n) is 2.24. The summed E-state index contributed by atoms with van der Waals surface area (Å²) >= 11 is 3.35. The SMILES string of the molecule is COc1c(C)cnc(CNCc2cc(Br)ccc2F)c1C. The Balaban J connectivity index is 2.05. The number of nitrogens with one attached hydrogen (secondary N) is 1. The number of pyridine rings is 1. The molecule has 1 N–H and O–H groups in total. The zero-order valence-electron chi connectivity index (χ0n) is 12.3. The van der Waals surface area contributed by atoms with Crippen molar-refractivity contribution in [2.24, 2.45) is 0 Å². The van der Waals surface area contributed by atoms with Crippen LogP contribution in [0.1, 0.15) is 22.4 Å². The lowest BCUT2D eigenvalue weighted by molar-refractivity contribution is 0.406. The van der Waals surface area contributed by atoms with Gasteiger partial charge in [0.05, 0.1) is 12.8 Å². The van der Waals surface area contributed by atoms with Crippen molar-refractivity contribution < 1.29 is 9.13 Å². The summed E-state index contributed by atoms with van der Waals surface area (Å²) < 4.78 is 19.9. The van der Waals surface area contributed by atoms with E-state index < -0.39 is 0 Å². The number of halogens is 2. The van der Waals surface area contributed by atoms with Crippen molar-refractivity contribution in [3.8, 4) is 5.75 Å². The van der Waals surface area contributed by atoms with Gasteiger partial charge in [0.1, 0.15) is 11.6 Å². The van der Waals surface area contributed by atoms with Gasteiger partial charge in [0.15, 0.2) is 0 Å². The van der Waals surface area contributed by atoms with Crippen LogP contribution in [0.2, 0.25) is 0 Å². The molecule has 5 heteroatoms. The van der Waals surface area contributed by atoms with Crippen LogP contribution in [-0.4, -0.2) is 12.1 Å². The number of benzene rings is 1. The van der Waals surface area contributed by atoms with Crippen molar-refractivity contribution in [3.05, 3.63) is 57.1 Å². The molecule has 0 spiro atoms. The summed E-state index contributed by atoms with van der Waals surface area (Å²) in [7, 11) is 1.66. The third kappa shape index (κ3) is 3.80. The van der Waals surface area contributed by atoms with E-state index in [0.717, 1.165) is 27.0 Å². The number of nitrogens with zero attached hydrogens (tertiary/aromatic N) is 1. The van der Waals surface area contributed by atoms with Crippen molar-refractivity contribution in [2.45, 2.75) is 26.9 Å². The molecule has 0 atom stereocenters. The van der Waals surface area contributed by atoms with Crippen molar-refractivity contribution in [2.75, 3.05) is 7.11 Å². The van der Waals surface area contributed by atoms with E-state index in [1.54, 1.807) is 25.4 Å². The number of ether oxygens (including phenoxy) is 1. The number of aromatic nitrogens is 1. The zero-order valence-corrected chi connectivity index (χ0v) is 13.9. The van der Waals surface area contributed by atoms with E-state index in [1.807, 2.05) is 13.8 Å². The predicted molar refractivity (Wildman–Crippen MR) is 84.9 cm³/mol. The van der Waals surface area contributed by atoms with Crippen molar-refractivity contribution in [3.63, 3.8) is 0 Å². The van der Waals surface area contributed by atoms with E-state index in [-0.39, 0.29) is 5.82 Å². The molecule has 2 aromatic rings. The Bertz CT molecular complexity index is 646. The number of aryl methyl sites for hydroxylation is 1. The molecule has 0 aliphatic rings. The van der Waals surface area contributed by atoms with Crippen molar-refractivity contribution >= 4 is 15.9 Å². The summed E-state index contributed by atoms with van der Waals surface area (Å²) in [5.41, 5.74) is 3.56. The maximum atomic E-state index is 13.6. The van der Waals surface area contributed by atoms with Gasteiger partial charge in [0, 0.05) is 40.4 Å². The number of methoxy groups -OCH3 is 1. The lowest BCUT2D eigenvalue weighted by Crippen LogP contribution is -2.16. The first-order chi connectivity index (χ1) is 10.0.